The second-order valence-electron chi connectivity index (χ2n) is 5.85. The Kier molecular flexibility index (Phi) is 5.28. The molecule has 0 spiro atoms. The maximum absolute atomic E-state index is 10.8. The van der Waals surface area contributed by atoms with E-state index in [1.54, 1.807) is 13.2 Å². The summed E-state index contributed by atoms with van der Waals surface area (Å²) in [6.45, 7) is 1.69. The lowest BCUT2D eigenvalue weighted by atomic mass is 10.1. The molecule has 0 saturated carbocycles. The van der Waals surface area contributed by atoms with Gasteiger partial charge in [0.05, 0.1) is 22.7 Å². The highest BCUT2D eigenvalue weighted by atomic mass is 35.5. The van der Waals surface area contributed by atoms with E-state index in [1.807, 2.05) is 24.3 Å². The normalized spacial score (nSPS) is 15.0. The molecule has 0 atom stereocenters. The van der Waals surface area contributed by atoms with Crippen molar-refractivity contribution in [2.45, 2.75) is 18.9 Å². The van der Waals surface area contributed by atoms with Crippen LogP contribution in [0.4, 0.5) is 11.4 Å². The zero-order valence-corrected chi connectivity index (χ0v) is 14.6. The van der Waals surface area contributed by atoms with Crippen LogP contribution < -0.4 is 14.4 Å². The first kappa shape index (κ1) is 17.4. The van der Waals surface area contributed by atoms with Crippen molar-refractivity contribution < 1.29 is 14.4 Å². The SMILES string of the molecule is COc1ccccc1N1CCC(Oc2ccc([N+](=O)[O-])cc2Cl)CC1. The molecule has 6 nitrogen and oxygen atoms in total. The van der Waals surface area contributed by atoms with Crippen molar-refractivity contribution in [1.82, 2.24) is 0 Å². The van der Waals surface area contributed by atoms with E-state index in [0.29, 0.717) is 5.75 Å². The molecule has 7 heteroatoms. The number of anilines is 1. The van der Waals surface area contributed by atoms with Crippen LogP contribution in [0.1, 0.15) is 12.8 Å². The van der Waals surface area contributed by atoms with Crippen molar-refractivity contribution in [2.24, 2.45) is 0 Å². The Balaban J connectivity index is 1.62. The van der Waals surface area contributed by atoms with E-state index in [-0.39, 0.29) is 16.8 Å². The number of para-hydroxylation sites is 2. The molecule has 1 heterocycles. The molecule has 0 bridgehead atoms. The van der Waals surface area contributed by atoms with Crippen molar-refractivity contribution in [3.8, 4) is 11.5 Å². The molecular formula is C18H19ClN2O4. The number of benzene rings is 2. The maximum atomic E-state index is 10.8. The summed E-state index contributed by atoms with van der Waals surface area (Å²) in [5, 5.41) is 11.0. The highest BCUT2D eigenvalue weighted by Crippen LogP contribution is 2.33. The topological polar surface area (TPSA) is 64.8 Å². The van der Waals surface area contributed by atoms with Crippen LogP contribution in [0.2, 0.25) is 5.02 Å². The van der Waals surface area contributed by atoms with Gasteiger partial charge in [-0.1, -0.05) is 23.7 Å². The molecule has 3 rings (SSSR count). The maximum Gasteiger partial charge on any atom is 0.271 e. The van der Waals surface area contributed by atoms with Gasteiger partial charge in [0, 0.05) is 38.1 Å². The van der Waals surface area contributed by atoms with Crippen LogP contribution in [0.5, 0.6) is 11.5 Å². The number of nitrogens with zero attached hydrogens (tertiary/aromatic N) is 2. The Morgan fingerprint density at radius 3 is 2.52 bits per heavy atom. The van der Waals surface area contributed by atoms with Gasteiger partial charge in [-0.25, -0.2) is 0 Å². The fourth-order valence-corrected chi connectivity index (χ4v) is 3.20. The highest BCUT2D eigenvalue weighted by molar-refractivity contribution is 6.32. The third-order valence-electron chi connectivity index (χ3n) is 4.29. The van der Waals surface area contributed by atoms with Gasteiger partial charge in [-0.2, -0.15) is 0 Å². The molecule has 0 unspecified atom stereocenters. The van der Waals surface area contributed by atoms with Crippen molar-refractivity contribution in [2.75, 3.05) is 25.1 Å². The smallest absolute Gasteiger partial charge is 0.271 e. The minimum atomic E-state index is -0.471. The fourth-order valence-electron chi connectivity index (χ4n) is 2.98. The summed E-state index contributed by atoms with van der Waals surface area (Å²) in [7, 11) is 1.67. The summed E-state index contributed by atoms with van der Waals surface area (Å²) in [5.74, 6) is 1.35. The standard InChI is InChI=1S/C18H19ClN2O4/c1-24-18-5-3-2-4-16(18)20-10-8-14(9-11-20)25-17-7-6-13(21(22)23)12-15(17)19/h2-7,12,14H,8-11H2,1H3. The Labute approximate surface area is 151 Å². The average Bonchev–Trinajstić information content (AvgIpc) is 2.64. The van der Waals surface area contributed by atoms with Gasteiger partial charge in [0.25, 0.3) is 5.69 Å². The molecule has 1 fully saturated rings. The van der Waals surface area contributed by atoms with Gasteiger partial charge < -0.3 is 14.4 Å². The minimum Gasteiger partial charge on any atom is -0.495 e. The second-order valence-corrected chi connectivity index (χ2v) is 6.26. The van der Waals surface area contributed by atoms with Crippen molar-refractivity contribution in [1.29, 1.82) is 0 Å². The zero-order valence-electron chi connectivity index (χ0n) is 13.9. The number of non-ortho nitro benzene ring substituents is 1. The first-order valence-electron chi connectivity index (χ1n) is 8.07. The predicted octanol–water partition coefficient (Wildman–Crippen LogP) is 4.30. The Morgan fingerprint density at radius 2 is 1.88 bits per heavy atom. The largest absolute Gasteiger partial charge is 0.495 e. The molecule has 1 aliphatic heterocycles. The van der Waals surface area contributed by atoms with E-state index in [0.717, 1.165) is 37.4 Å². The van der Waals surface area contributed by atoms with Crippen LogP contribution in [0.3, 0.4) is 0 Å². The Morgan fingerprint density at radius 1 is 1.16 bits per heavy atom. The van der Waals surface area contributed by atoms with Crippen molar-refractivity contribution in [3.05, 3.63) is 57.6 Å². The minimum absolute atomic E-state index is 0.0323. The van der Waals surface area contributed by atoms with Gasteiger partial charge in [-0.15, -0.1) is 0 Å². The van der Waals surface area contributed by atoms with E-state index in [2.05, 4.69) is 4.90 Å². The summed E-state index contributed by atoms with van der Waals surface area (Å²) in [6.07, 6.45) is 1.71. The van der Waals surface area contributed by atoms with E-state index >= 15 is 0 Å². The van der Waals surface area contributed by atoms with Gasteiger partial charge in [0.1, 0.15) is 17.6 Å². The molecular weight excluding hydrogens is 344 g/mol. The molecule has 1 aliphatic rings. The average molecular weight is 363 g/mol. The lowest BCUT2D eigenvalue weighted by Gasteiger charge is -2.34. The molecule has 25 heavy (non-hydrogen) atoms. The van der Waals surface area contributed by atoms with Gasteiger partial charge in [0.2, 0.25) is 0 Å². The number of ether oxygens (including phenoxy) is 2. The number of piperidine rings is 1. The van der Waals surface area contributed by atoms with Gasteiger partial charge in [-0.05, 0) is 18.2 Å². The lowest BCUT2D eigenvalue weighted by Crippen LogP contribution is -2.38. The number of methoxy groups -OCH3 is 1. The molecule has 1 saturated heterocycles. The first-order chi connectivity index (χ1) is 12.1. The zero-order chi connectivity index (χ0) is 17.8. The molecule has 0 aromatic heterocycles. The predicted molar refractivity (Wildman–Crippen MR) is 97.0 cm³/mol. The lowest BCUT2D eigenvalue weighted by molar-refractivity contribution is -0.384. The quantitative estimate of drug-likeness (QED) is 0.586. The van der Waals surface area contributed by atoms with Crippen LogP contribution in [0, 0.1) is 10.1 Å². The van der Waals surface area contributed by atoms with Crippen molar-refractivity contribution in [3.63, 3.8) is 0 Å². The molecule has 0 N–H and O–H groups in total. The number of halogens is 1. The molecule has 2 aromatic carbocycles. The van der Waals surface area contributed by atoms with E-state index in [9.17, 15) is 10.1 Å². The van der Waals surface area contributed by atoms with Gasteiger partial charge in [-0.3, -0.25) is 10.1 Å². The summed E-state index contributed by atoms with van der Waals surface area (Å²) in [5.41, 5.74) is 1.04. The summed E-state index contributed by atoms with van der Waals surface area (Å²) in [4.78, 5) is 12.6. The molecule has 2 aromatic rings. The van der Waals surface area contributed by atoms with E-state index in [4.69, 9.17) is 21.1 Å². The number of hydrogen-bond acceptors (Lipinski definition) is 5. The third kappa shape index (κ3) is 3.96. The van der Waals surface area contributed by atoms with Crippen molar-refractivity contribution >= 4 is 23.0 Å². The summed E-state index contributed by atoms with van der Waals surface area (Å²) in [6, 6.07) is 12.2. The molecule has 132 valence electrons. The summed E-state index contributed by atoms with van der Waals surface area (Å²) < 4.78 is 11.4. The number of rotatable bonds is 5. The Hall–Kier alpha value is -2.47. The van der Waals surface area contributed by atoms with Crippen LogP contribution in [-0.4, -0.2) is 31.2 Å². The molecule has 0 radical (unpaired) electrons. The second kappa shape index (κ2) is 7.61. The fraction of sp³-hybridized carbons (Fsp3) is 0.333. The summed E-state index contributed by atoms with van der Waals surface area (Å²) >= 11 is 6.10. The van der Waals surface area contributed by atoms with E-state index in [1.165, 1.54) is 12.1 Å². The third-order valence-corrected chi connectivity index (χ3v) is 4.58. The molecule has 0 aliphatic carbocycles. The number of hydrogen-bond donors (Lipinski definition) is 0. The highest BCUT2D eigenvalue weighted by Gasteiger charge is 2.23. The Bertz CT molecular complexity index is 760. The first-order valence-corrected chi connectivity index (χ1v) is 8.45. The molecule has 0 amide bonds. The van der Waals surface area contributed by atoms with Gasteiger partial charge in [0.15, 0.2) is 0 Å². The van der Waals surface area contributed by atoms with Crippen LogP contribution in [-0.2, 0) is 0 Å². The monoisotopic (exact) mass is 362 g/mol. The van der Waals surface area contributed by atoms with Gasteiger partial charge >= 0.3 is 0 Å². The van der Waals surface area contributed by atoms with Crippen LogP contribution in [0.25, 0.3) is 0 Å². The van der Waals surface area contributed by atoms with E-state index < -0.39 is 4.92 Å². The van der Waals surface area contributed by atoms with Crippen LogP contribution in [0.15, 0.2) is 42.5 Å². The van der Waals surface area contributed by atoms with Crippen LogP contribution >= 0.6 is 11.6 Å². The number of nitro benzene ring substituents is 1. The number of nitro groups is 1.